The second-order valence-electron chi connectivity index (χ2n) is 3.36. The first-order chi connectivity index (χ1) is 6.40. The van der Waals surface area contributed by atoms with Crippen molar-refractivity contribution < 1.29 is 0 Å². The molecule has 1 aromatic rings. The van der Waals surface area contributed by atoms with Crippen molar-refractivity contribution >= 4 is 0 Å². The van der Waals surface area contributed by atoms with Crippen molar-refractivity contribution in [3.05, 3.63) is 46.8 Å². The van der Waals surface area contributed by atoms with E-state index in [0.29, 0.717) is 6.54 Å². The molecule has 0 saturated carbocycles. The number of rotatable bonds is 2. The summed E-state index contributed by atoms with van der Waals surface area (Å²) in [4.78, 5) is 5.69. The Morgan fingerprint density at radius 1 is 1.23 bits per heavy atom. The van der Waals surface area contributed by atoms with E-state index in [4.69, 9.17) is 6.57 Å². The lowest BCUT2D eigenvalue weighted by molar-refractivity contribution is 0.298. The highest BCUT2D eigenvalue weighted by atomic mass is 15.1. The van der Waals surface area contributed by atoms with Crippen LogP contribution in [0.15, 0.2) is 24.3 Å². The van der Waals surface area contributed by atoms with E-state index < -0.39 is 0 Å². The van der Waals surface area contributed by atoms with Crippen LogP contribution in [-0.4, -0.2) is 18.0 Å². The van der Waals surface area contributed by atoms with Gasteiger partial charge < -0.3 is 4.85 Å². The molecule has 2 nitrogen and oxygen atoms in total. The molecule has 0 aliphatic carbocycles. The summed E-state index contributed by atoms with van der Waals surface area (Å²) in [6, 6.07) is 8.51. The summed E-state index contributed by atoms with van der Waals surface area (Å²) in [6.07, 6.45) is 0. The molecule has 0 aromatic heterocycles. The van der Waals surface area contributed by atoms with Gasteiger partial charge in [-0.05, 0) is 11.1 Å². The maximum absolute atomic E-state index is 6.73. The van der Waals surface area contributed by atoms with Gasteiger partial charge in [-0.3, -0.25) is 4.90 Å². The molecule has 1 aliphatic rings. The predicted molar refractivity (Wildman–Crippen MR) is 52.0 cm³/mol. The molecule has 0 saturated heterocycles. The molecule has 0 amide bonds. The van der Waals surface area contributed by atoms with Gasteiger partial charge in [0, 0.05) is 13.1 Å². The standard InChI is InChI=1S/C11H12N2/c1-12-6-7-13-8-10-4-2-3-5-11(10)9-13/h2-5H,6-9H2. The van der Waals surface area contributed by atoms with Gasteiger partial charge in [-0.25, -0.2) is 6.57 Å². The Hall–Kier alpha value is -1.33. The summed E-state index contributed by atoms with van der Waals surface area (Å²) in [6.45, 7) is 10.3. The van der Waals surface area contributed by atoms with E-state index in [0.717, 1.165) is 19.6 Å². The molecular formula is C11H12N2. The minimum absolute atomic E-state index is 0.619. The summed E-state index contributed by atoms with van der Waals surface area (Å²) < 4.78 is 0. The molecular weight excluding hydrogens is 160 g/mol. The van der Waals surface area contributed by atoms with E-state index in [1.807, 2.05) is 0 Å². The minimum Gasteiger partial charge on any atom is -0.316 e. The van der Waals surface area contributed by atoms with Crippen LogP contribution in [0.2, 0.25) is 0 Å². The van der Waals surface area contributed by atoms with Crippen LogP contribution in [0.1, 0.15) is 11.1 Å². The third-order valence-corrected chi connectivity index (χ3v) is 2.43. The van der Waals surface area contributed by atoms with Crippen molar-refractivity contribution in [1.29, 1.82) is 0 Å². The summed E-state index contributed by atoms with van der Waals surface area (Å²) in [5.74, 6) is 0. The molecule has 1 aromatic carbocycles. The van der Waals surface area contributed by atoms with Crippen molar-refractivity contribution in [3.63, 3.8) is 0 Å². The lowest BCUT2D eigenvalue weighted by atomic mass is 10.1. The normalized spacial score (nSPS) is 15.3. The first-order valence-corrected chi connectivity index (χ1v) is 4.52. The lowest BCUT2D eigenvalue weighted by Crippen LogP contribution is -2.19. The summed E-state index contributed by atoms with van der Waals surface area (Å²) >= 11 is 0. The molecule has 0 bridgehead atoms. The van der Waals surface area contributed by atoms with Gasteiger partial charge in [0.05, 0.1) is 6.54 Å². The predicted octanol–water partition coefficient (Wildman–Crippen LogP) is 1.92. The second-order valence-corrected chi connectivity index (χ2v) is 3.36. The Morgan fingerprint density at radius 3 is 2.38 bits per heavy atom. The number of hydrogen-bond donors (Lipinski definition) is 0. The third kappa shape index (κ3) is 1.71. The largest absolute Gasteiger partial charge is 0.316 e. The van der Waals surface area contributed by atoms with Crippen molar-refractivity contribution in [2.24, 2.45) is 0 Å². The van der Waals surface area contributed by atoms with Crippen LogP contribution in [0.4, 0.5) is 0 Å². The van der Waals surface area contributed by atoms with Gasteiger partial charge >= 0.3 is 0 Å². The second kappa shape index (κ2) is 3.59. The van der Waals surface area contributed by atoms with Crippen molar-refractivity contribution in [2.45, 2.75) is 13.1 Å². The fourth-order valence-corrected chi connectivity index (χ4v) is 1.75. The maximum atomic E-state index is 6.73. The summed E-state index contributed by atoms with van der Waals surface area (Å²) in [5, 5.41) is 0. The number of nitrogens with zero attached hydrogens (tertiary/aromatic N) is 2. The SMILES string of the molecule is [C-]#[N+]CCN1Cc2ccccc2C1. The monoisotopic (exact) mass is 172 g/mol. The van der Waals surface area contributed by atoms with E-state index in [-0.39, 0.29) is 0 Å². The minimum atomic E-state index is 0.619. The lowest BCUT2D eigenvalue weighted by Gasteiger charge is -2.09. The van der Waals surface area contributed by atoms with Crippen LogP contribution < -0.4 is 0 Å². The Balaban J connectivity index is 2.02. The quantitative estimate of drug-likeness (QED) is 0.618. The zero-order valence-corrected chi connectivity index (χ0v) is 7.53. The van der Waals surface area contributed by atoms with Crippen molar-refractivity contribution in [3.8, 4) is 0 Å². The third-order valence-electron chi connectivity index (χ3n) is 2.43. The average Bonchev–Trinajstić information content (AvgIpc) is 2.57. The zero-order valence-electron chi connectivity index (χ0n) is 7.53. The smallest absolute Gasteiger partial charge is 0.227 e. The molecule has 2 heteroatoms. The van der Waals surface area contributed by atoms with Crippen LogP contribution in [-0.2, 0) is 13.1 Å². The highest BCUT2D eigenvalue weighted by Crippen LogP contribution is 2.21. The number of fused-ring (bicyclic) bond motifs is 1. The van der Waals surface area contributed by atoms with Crippen LogP contribution in [0.5, 0.6) is 0 Å². The van der Waals surface area contributed by atoms with Gasteiger partial charge in [0.25, 0.3) is 0 Å². The van der Waals surface area contributed by atoms with E-state index in [9.17, 15) is 0 Å². The van der Waals surface area contributed by atoms with Gasteiger partial charge in [-0.15, -0.1) is 0 Å². The topological polar surface area (TPSA) is 7.60 Å². The molecule has 0 N–H and O–H groups in total. The van der Waals surface area contributed by atoms with E-state index in [2.05, 4.69) is 34.0 Å². The van der Waals surface area contributed by atoms with Gasteiger partial charge in [0.15, 0.2) is 0 Å². The van der Waals surface area contributed by atoms with Gasteiger partial charge in [-0.2, -0.15) is 0 Å². The summed E-state index contributed by atoms with van der Waals surface area (Å²) in [7, 11) is 0. The van der Waals surface area contributed by atoms with E-state index in [1.54, 1.807) is 0 Å². The molecule has 0 unspecified atom stereocenters. The molecule has 0 fully saturated rings. The Kier molecular flexibility index (Phi) is 2.29. The van der Waals surface area contributed by atoms with Gasteiger partial charge in [-0.1, -0.05) is 24.3 Å². The Labute approximate surface area is 78.6 Å². The first-order valence-electron chi connectivity index (χ1n) is 4.52. The molecule has 0 spiro atoms. The van der Waals surface area contributed by atoms with Crippen LogP contribution in [0.25, 0.3) is 4.85 Å². The summed E-state index contributed by atoms with van der Waals surface area (Å²) in [5.41, 5.74) is 2.85. The Morgan fingerprint density at radius 2 is 1.85 bits per heavy atom. The van der Waals surface area contributed by atoms with E-state index in [1.165, 1.54) is 11.1 Å². The molecule has 13 heavy (non-hydrogen) atoms. The van der Waals surface area contributed by atoms with E-state index >= 15 is 0 Å². The molecule has 0 radical (unpaired) electrons. The maximum Gasteiger partial charge on any atom is 0.227 e. The fraction of sp³-hybridized carbons (Fsp3) is 0.364. The van der Waals surface area contributed by atoms with Crippen molar-refractivity contribution in [1.82, 2.24) is 4.90 Å². The first kappa shape index (κ1) is 8.28. The average molecular weight is 172 g/mol. The van der Waals surface area contributed by atoms with Crippen LogP contribution >= 0.6 is 0 Å². The molecule has 0 atom stereocenters. The van der Waals surface area contributed by atoms with Crippen molar-refractivity contribution in [2.75, 3.05) is 13.1 Å². The zero-order chi connectivity index (χ0) is 9.10. The van der Waals surface area contributed by atoms with Gasteiger partial charge in [0.2, 0.25) is 6.54 Å². The number of benzene rings is 1. The molecule has 2 rings (SSSR count). The molecule has 66 valence electrons. The molecule has 1 heterocycles. The number of hydrogen-bond acceptors (Lipinski definition) is 1. The molecule has 1 aliphatic heterocycles. The van der Waals surface area contributed by atoms with Crippen LogP contribution in [0.3, 0.4) is 0 Å². The Bertz CT molecular complexity index is 313. The highest BCUT2D eigenvalue weighted by molar-refractivity contribution is 5.30. The highest BCUT2D eigenvalue weighted by Gasteiger charge is 2.17. The van der Waals surface area contributed by atoms with Crippen LogP contribution in [0, 0.1) is 6.57 Å². The van der Waals surface area contributed by atoms with Gasteiger partial charge in [0.1, 0.15) is 0 Å². The fourth-order valence-electron chi connectivity index (χ4n) is 1.75.